The summed E-state index contributed by atoms with van der Waals surface area (Å²) in [6.07, 6.45) is 9.80. The summed E-state index contributed by atoms with van der Waals surface area (Å²) in [5, 5.41) is 9.29. The van der Waals surface area contributed by atoms with Crippen LogP contribution in [0.4, 0.5) is 0 Å². The first-order valence-corrected chi connectivity index (χ1v) is 28.4. The third-order valence-electron chi connectivity index (χ3n) is 19.6. The molecule has 0 amide bonds. The molecule has 2 N–H and O–H groups in total. The lowest BCUT2D eigenvalue weighted by atomic mass is 9.54. The molecule has 11 rings (SSSR count). The van der Waals surface area contributed by atoms with Gasteiger partial charge in [-0.15, -0.1) is 0 Å². The number of carbonyl (C=O) groups is 1. The summed E-state index contributed by atoms with van der Waals surface area (Å²) in [6, 6.07) is 34.9. The van der Waals surface area contributed by atoms with E-state index in [9.17, 15) is 0 Å². The molecule has 6 fully saturated rings. The van der Waals surface area contributed by atoms with Gasteiger partial charge in [-0.25, -0.2) is 4.98 Å². The number of carbonyl (C=O) groups excluding carboxylic acids is 1. The van der Waals surface area contributed by atoms with Crippen molar-refractivity contribution in [2.75, 3.05) is 47.4 Å². The van der Waals surface area contributed by atoms with E-state index in [1.54, 1.807) is 0 Å². The van der Waals surface area contributed by atoms with E-state index >= 15 is 4.79 Å². The number of ether oxygens (including phenoxy) is 2. The summed E-state index contributed by atoms with van der Waals surface area (Å²) >= 11 is 6.44. The Morgan fingerprint density at radius 2 is 1.55 bits per heavy atom. The number of halogens is 1. The van der Waals surface area contributed by atoms with Crippen LogP contribution in [0.2, 0.25) is 5.02 Å². The van der Waals surface area contributed by atoms with Crippen molar-refractivity contribution in [2.24, 2.45) is 23.8 Å². The number of methoxy groups -OCH3 is 1. The van der Waals surface area contributed by atoms with Crippen molar-refractivity contribution < 1.29 is 14.3 Å². The van der Waals surface area contributed by atoms with Crippen molar-refractivity contribution in [2.45, 2.75) is 147 Å². The molecule has 1 aromatic heterocycles. The summed E-state index contributed by atoms with van der Waals surface area (Å²) in [5.41, 5.74) is 5.77. The Bertz CT molecular complexity index is 2750. The van der Waals surface area contributed by atoms with E-state index in [1.165, 1.54) is 29.5 Å². The van der Waals surface area contributed by atoms with Crippen LogP contribution in [0.25, 0.3) is 11.3 Å². The zero-order chi connectivity index (χ0) is 51.5. The highest BCUT2D eigenvalue weighted by Crippen LogP contribution is 2.63. The largest absolute Gasteiger partial charge is 0.457 e. The maximum atomic E-state index is 17.5. The van der Waals surface area contributed by atoms with Gasteiger partial charge in [-0.2, -0.15) is 0 Å². The number of benzene rings is 4. The summed E-state index contributed by atoms with van der Waals surface area (Å²) < 4.78 is 15.5. The van der Waals surface area contributed by atoms with Crippen LogP contribution in [0.1, 0.15) is 87.9 Å². The predicted molar refractivity (Wildman–Crippen MR) is 297 cm³/mol. The second-order valence-electron chi connectivity index (χ2n) is 23.3. The molecule has 11 nitrogen and oxygen atoms in total. The van der Waals surface area contributed by atoms with E-state index in [4.69, 9.17) is 26.1 Å². The molecule has 0 radical (unpaired) electrons. The van der Waals surface area contributed by atoms with Crippen molar-refractivity contribution in [1.82, 2.24) is 39.8 Å². The van der Waals surface area contributed by atoms with Gasteiger partial charge in [-0.3, -0.25) is 24.4 Å². The second-order valence-corrected chi connectivity index (χ2v) is 23.7. The number of imidazole rings is 1. The third kappa shape index (κ3) is 8.89. The fourth-order valence-electron chi connectivity index (χ4n) is 15.8. The quantitative estimate of drug-likeness (QED) is 0.106. The highest BCUT2D eigenvalue weighted by molar-refractivity contribution is 6.30. The lowest BCUT2D eigenvalue weighted by Gasteiger charge is -2.57. The molecule has 5 saturated heterocycles. The van der Waals surface area contributed by atoms with Crippen molar-refractivity contribution >= 4 is 17.4 Å². The summed E-state index contributed by atoms with van der Waals surface area (Å²) in [5.74, 6) is 3.50. The molecular weight excluding hydrogens is 940 g/mol. The van der Waals surface area contributed by atoms with Crippen LogP contribution in [0, 0.1) is 16.7 Å². The van der Waals surface area contributed by atoms with Crippen LogP contribution < -0.4 is 15.4 Å². The Kier molecular flexibility index (Phi) is 14.8. The highest BCUT2D eigenvalue weighted by atomic mass is 35.5. The molecule has 5 aliphatic heterocycles. The summed E-state index contributed by atoms with van der Waals surface area (Å²) in [4.78, 5) is 33.0. The van der Waals surface area contributed by atoms with Crippen LogP contribution in [-0.4, -0.2) is 137 Å². The number of aryl methyl sites for hydroxylation is 1. The number of ketones is 1. The van der Waals surface area contributed by atoms with Crippen molar-refractivity contribution in [3.63, 3.8) is 0 Å². The average molecular weight is 1020 g/mol. The van der Waals surface area contributed by atoms with E-state index in [1.807, 2.05) is 25.4 Å². The Morgan fingerprint density at radius 3 is 2.27 bits per heavy atom. The van der Waals surface area contributed by atoms with E-state index in [0.717, 1.165) is 104 Å². The van der Waals surface area contributed by atoms with Crippen molar-refractivity contribution in [1.29, 1.82) is 0 Å². The van der Waals surface area contributed by atoms with Crippen LogP contribution in [-0.2, 0) is 48.9 Å². The number of rotatable bonds is 15. The van der Waals surface area contributed by atoms with Crippen molar-refractivity contribution in [3.05, 3.63) is 136 Å². The number of likely N-dealkylation sites (N-methyl/N-ethyl adjacent to an activating group) is 2. The van der Waals surface area contributed by atoms with Gasteiger partial charge in [0.2, 0.25) is 0 Å². The molecule has 12 atom stereocenters. The van der Waals surface area contributed by atoms with Crippen LogP contribution in [0.15, 0.2) is 103 Å². The maximum absolute atomic E-state index is 17.5. The molecule has 394 valence electrons. The average Bonchev–Trinajstić information content (AvgIpc) is 4.21. The second kappa shape index (κ2) is 21.2. The zero-order valence-electron chi connectivity index (χ0n) is 45.3. The fourth-order valence-corrected chi connectivity index (χ4v) is 16.0. The van der Waals surface area contributed by atoms with Crippen molar-refractivity contribution in [3.8, 4) is 22.8 Å². The maximum Gasteiger partial charge on any atom is 0.153 e. The highest BCUT2D eigenvalue weighted by Gasteiger charge is 2.77. The normalized spacial score (nSPS) is 32.5. The lowest BCUT2D eigenvalue weighted by Crippen LogP contribution is -2.73. The van der Waals surface area contributed by atoms with E-state index in [-0.39, 0.29) is 60.3 Å². The summed E-state index contributed by atoms with van der Waals surface area (Å²) in [7, 11) is 8.59. The van der Waals surface area contributed by atoms with Gasteiger partial charge < -0.3 is 24.7 Å². The Balaban J connectivity index is 1.01. The fraction of sp³-hybridized carbons (Fsp3) is 0.548. The standard InChI is InChI=1S/C62H81ClN8O3/c1-9-42-18-21-46(53(32-42)74-50-26-22-45(23-27-50)52-36-65-56(69(52)7)38-70-28-14-15-29-70)37-71-41(4)57-62-54(34-49(31-44-19-24-48(63)25-20-44)68(6)59(62)51(66-57)39-73-8)64-35-40(3)67(5)58-47(30-43-16-12-11-13-17-43)33-55(71)61(58,10-2)60(62)72/h11-13,16-27,32,36,40-41,47,49,51,54-55,57-59,64,66H,9-10,14-15,28-31,33-35,37-39H2,1-8H3/t40-,41-,47+,49-,51+,54?,55?,57?,58?,59?,61?,62?/m0/s1. The number of likely N-dealkylation sites (tertiary alicyclic amines) is 3. The van der Waals surface area contributed by atoms with Gasteiger partial charge in [0.05, 0.1) is 35.9 Å². The predicted octanol–water partition coefficient (Wildman–Crippen LogP) is 9.44. The van der Waals surface area contributed by atoms with Gasteiger partial charge in [0.15, 0.2) is 5.78 Å². The molecule has 7 unspecified atom stereocenters. The van der Waals surface area contributed by atoms with Gasteiger partial charge >= 0.3 is 0 Å². The first-order chi connectivity index (χ1) is 35.9. The van der Waals surface area contributed by atoms with E-state index in [2.05, 4.69) is 169 Å². The molecule has 5 aromatic rings. The SMILES string of the molecule is CCc1ccc(CN2C3C[C@@H](Cc4ccccc4)C4N(C)[C@@H](C)CNC5C[C@H](Cc6ccc(Cl)cc6)N(C)C6[C@@H](COC)NC([C@@H]2C)C56C(=O)C43CC)c(Oc2ccc(-c3cnc(CN4CCCC4)n3C)cc2)c1. The molecular formula is C62H81ClN8O3. The third-order valence-corrected chi connectivity index (χ3v) is 19.8. The number of hydrogen-bond donors (Lipinski definition) is 2. The minimum absolute atomic E-state index is 0.0160. The molecule has 4 aromatic carbocycles. The first-order valence-electron chi connectivity index (χ1n) is 28.0. The van der Waals surface area contributed by atoms with Crippen LogP contribution >= 0.6 is 11.6 Å². The first kappa shape index (κ1) is 51.7. The van der Waals surface area contributed by atoms with Gasteiger partial charge in [0.1, 0.15) is 17.3 Å². The molecule has 1 saturated carbocycles. The van der Waals surface area contributed by atoms with E-state index < -0.39 is 10.8 Å². The van der Waals surface area contributed by atoms with Gasteiger partial charge in [-0.1, -0.05) is 80.0 Å². The molecule has 12 heteroatoms. The minimum atomic E-state index is -0.752. The smallest absolute Gasteiger partial charge is 0.153 e. The summed E-state index contributed by atoms with van der Waals surface area (Å²) in [6.45, 7) is 14.5. The topological polar surface area (TPSA) is 90.4 Å². The molecule has 74 heavy (non-hydrogen) atoms. The Labute approximate surface area is 446 Å². The number of nitrogens with one attached hydrogen (secondary N) is 2. The molecule has 1 spiro atoms. The number of piperidine rings is 1. The monoisotopic (exact) mass is 1020 g/mol. The Hall–Kier alpha value is -4.43. The molecule has 6 aliphatic rings. The van der Waals surface area contributed by atoms with Gasteiger partial charge in [-0.05, 0) is 157 Å². The number of Topliss-reactive ketones (excluding diaryl/α,β-unsaturated/α-hetero) is 1. The molecule has 2 bridgehead atoms. The van der Waals surface area contributed by atoms with Crippen LogP contribution in [0.3, 0.4) is 0 Å². The number of aromatic nitrogens is 2. The molecule has 6 heterocycles. The van der Waals surface area contributed by atoms with Gasteiger partial charge in [0.25, 0.3) is 0 Å². The lowest BCUT2D eigenvalue weighted by molar-refractivity contribution is -0.154. The molecule has 1 aliphatic carbocycles. The zero-order valence-corrected chi connectivity index (χ0v) is 46.0. The Morgan fingerprint density at radius 1 is 0.824 bits per heavy atom. The number of hydrogen-bond acceptors (Lipinski definition) is 10. The van der Waals surface area contributed by atoms with Gasteiger partial charge in [0, 0.05) is 97.8 Å². The number of nitrogens with zero attached hydrogens (tertiary/aromatic N) is 6. The van der Waals surface area contributed by atoms with E-state index in [0.29, 0.717) is 18.9 Å². The minimum Gasteiger partial charge on any atom is -0.457 e. The van der Waals surface area contributed by atoms with Crippen LogP contribution in [0.5, 0.6) is 11.5 Å².